The van der Waals surface area contributed by atoms with E-state index in [-0.39, 0.29) is 23.5 Å². The molecule has 1 saturated carbocycles. The van der Waals surface area contributed by atoms with Crippen molar-refractivity contribution in [3.05, 3.63) is 16.3 Å². The van der Waals surface area contributed by atoms with E-state index < -0.39 is 4.92 Å². The summed E-state index contributed by atoms with van der Waals surface area (Å²) in [6.45, 7) is 1.04. The number of nitrogen functional groups attached to an aromatic ring is 1. The second-order valence-corrected chi connectivity index (χ2v) is 4.11. The first-order valence-corrected chi connectivity index (χ1v) is 5.66. The average Bonchev–Trinajstić information content (AvgIpc) is 3.13. The van der Waals surface area contributed by atoms with Gasteiger partial charge in [0.2, 0.25) is 11.8 Å². The molecule has 0 radical (unpaired) electrons. The third-order valence-corrected chi connectivity index (χ3v) is 2.76. The number of hydrogen-bond donors (Lipinski definition) is 1. The minimum Gasteiger partial charge on any atom is -0.383 e. The lowest BCUT2D eigenvalue weighted by Gasteiger charge is -2.22. The number of aromatic nitrogens is 2. The zero-order chi connectivity index (χ0) is 13.1. The first-order valence-electron chi connectivity index (χ1n) is 5.66. The highest BCUT2D eigenvalue weighted by Gasteiger charge is 2.34. The Labute approximate surface area is 104 Å². The van der Waals surface area contributed by atoms with Crippen molar-refractivity contribution in [2.45, 2.75) is 18.9 Å². The van der Waals surface area contributed by atoms with Crippen molar-refractivity contribution < 1.29 is 9.66 Å². The molecule has 8 heteroatoms. The van der Waals surface area contributed by atoms with E-state index in [2.05, 4.69) is 9.97 Å². The second-order valence-electron chi connectivity index (χ2n) is 4.11. The molecule has 0 aliphatic heterocycles. The predicted molar refractivity (Wildman–Crippen MR) is 65.3 cm³/mol. The molecular weight excluding hydrogens is 238 g/mol. The maximum Gasteiger partial charge on any atom is 0.329 e. The summed E-state index contributed by atoms with van der Waals surface area (Å²) >= 11 is 0. The number of methoxy groups -OCH3 is 1. The Morgan fingerprint density at radius 3 is 2.94 bits per heavy atom. The number of nitro groups is 1. The minimum absolute atomic E-state index is 0.0404. The lowest BCUT2D eigenvalue weighted by Crippen LogP contribution is -2.31. The molecule has 1 aromatic heterocycles. The van der Waals surface area contributed by atoms with Crippen molar-refractivity contribution in [1.82, 2.24) is 9.97 Å². The molecule has 0 bridgehead atoms. The first-order chi connectivity index (χ1) is 8.63. The Balaban J connectivity index is 2.32. The Hall–Kier alpha value is -1.96. The number of hydrogen-bond acceptors (Lipinski definition) is 7. The number of nitrogens with zero attached hydrogens (tertiary/aromatic N) is 4. The summed E-state index contributed by atoms with van der Waals surface area (Å²) < 4.78 is 5.02. The molecule has 0 saturated heterocycles. The van der Waals surface area contributed by atoms with Gasteiger partial charge in [0.15, 0.2) is 0 Å². The van der Waals surface area contributed by atoms with E-state index in [1.807, 2.05) is 4.90 Å². The fourth-order valence-electron chi connectivity index (χ4n) is 1.76. The first kappa shape index (κ1) is 12.5. The van der Waals surface area contributed by atoms with E-state index in [1.165, 1.54) is 0 Å². The summed E-state index contributed by atoms with van der Waals surface area (Å²) in [5.41, 5.74) is 5.39. The van der Waals surface area contributed by atoms with Crippen molar-refractivity contribution >= 4 is 17.5 Å². The van der Waals surface area contributed by atoms with E-state index >= 15 is 0 Å². The molecule has 8 nitrogen and oxygen atoms in total. The maximum atomic E-state index is 11.0. The molecule has 1 aliphatic rings. The van der Waals surface area contributed by atoms with E-state index in [1.54, 1.807) is 7.11 Å². The molecule has 0 amide bonds. The normalized spacial score (nSPS) is 14.5. The van der Waals surface area contributed by atoms with Gasteiger partial charge in [-0.3, -0.25) is 10.1 Å². The van der Waals surface area contributed by atoms with Gasteiger partial charge in [-0.1, -0.05) is 0 Å². The van der Waals surface area contributed by atoms with Crippen LogP contribution in [0.5, 0.6) is 0 Å². The van der Waals surface area contributed by atoms with Gasteiger partial charge in [0.05, 0.1) is 11.5 Å². The summed E-state index contributed by atoms with van der Waals surface area (Å²) in [5, 5.41) is 11.0. The fourth-order valence-corrected chi connectivity index (χ4v) is 1.76. The van der Waals surface area contributed by atoms with Gasteiger partial charge in [0.1, 0.15) is 6.20 Å². The lowest BCUT2D eigenvalue weighted by atomic mass is 10.4. The standard InChI is InChI=1S/C10H15N5O3/c1-18-5-4-14(7-2-3-7)9-8(15(16)17)6-12-10(11)13-9/h6-7H,2-5H2,1H3,(H2,11,12,13). The third-order valence-electron chi connectivity index (χ3n) is 2.76. The molecule has 0 atom stereocenters. The van der Waals surface area contributed by atoms with Gasteiger partial charge in [-0.2, -0.15) is 4.98 Å². The number of ether oxygens (including phenoxy) is 1. The van der Waals surface area contributed by atoms with Crippen LogP contribution >= 0.6 is 0 Å². The van der Waals surface area contributed by atoms with Crippen LogP contribution in [0.1, 0.15) is 12.8 Å². The molecule has 2 rings (SSSR count). The predicted octanol–water partition coefficient (Wildman–Crippen LogP) is 0.582. The van der Waals surface area contributed by atoms with Crippen molar-refractivity contribution in [2.24, 2.45) is 0 Å². The summed E-state index contributed by atoms with van der Waals surface area (Å²) in [5.74, 6) is 0.325. The molecule has 1 aliphatic carbocycles. The number of rotatable bonds is 6. The van der Waals surface area contributed by atoms with Crippen molar-refractivity contribution in [3.8, 4) is 0 Å². The third kappa shape index (κ3) is 2.65. The van der Waals surface area contributed by atoms with Crippen LogP contribution in [0.3, 0.4) is 0 Å². The Bertz CT molecular complexity index is 449. The van der Waals surface area contributed by atoms with Crippen molar-refractivity contribution in [2.75, 3.05) is 30.9 Å². The van der Waals surface area contributed by atoms with Gasteiger partial charge in [-0.15, -0.1) is 0 Å². The lowest BCUT2D eigenvalue weighted by molar-refractivity contribution is -0.384. The summed E-state index contributed by atoms with van der Waals surface area (Å²) in [7, 11) is 1.59. The van der Waals surface area contributed by atoms with Crippen LogP contribution in [-0.2, 0) is 4.74 Å². The van der Waals surface area contributed by atoms with Crippen molar-refractivity contribution in [3.63, 3.8) is 0 Å². The molecule has 1 heterocycles. The largest absolute Gasteiger partial charge is 0.383 e. The van der Waals surface area contributed by atoms with Crippen molar-refractivity contribution in [1.29, 1.82) is 0 Å². The highest BCUT2D eigenvalue weighted by atomic mass is 16.6. The number of anilines is 2. The quantitative estimate of drug-likeness (QED) is 0.583. The summed E-state index contributed by atoms with van der Waals surface area (Å²) in [6.07, 6.45) is 3.16. The molecule has 0 aromatic carbocycles. The molecule has 98 valence electrons. The molecular formula is C10H15N5O3. The minimum atomic E-state index is -0.489. The second kappa shape index (κ2) is 5.13. The van der Waals surface area contributed by atoms with Gasteiger partial charge in [-0.05, 0) is 12.8 Å². The van der Waals surface area contributed by atoms with Gasteiger partial charge < -0.3 is 15.4 Å². The van der Waals surface area contributed by atoms with Crippen LogP contribution < -0.4 is 10.6 Å². The summed E-state index contributed by atoms with van der Waals surface area (Å²) in [6, 6.07) is 0.285. The van der Waals surface area contributed by atoms with E-state index in [9.17, 15) is 10.1 Å². The van der Waals surface area contributed by atoms with Gasteiger partial charge in [-0.25, -0.2) is 4.98 Å². The zero-order valence-corrected chi connectivity index (χ0v) is 10.1. The van der Waals surface area contributed by atoms with Gasteiger partial charge in [0, 0.05) is 19.7 Å². The molecule has 0 spiro atoms. The Morgan fingerprint density at radius 1 is 1.67 bits per heavy atom. The van der Waals surface area contributed by atoms with Crippen LogP contribution in [0.25, 0.3) is 0 Å². The van der Waals surface area contributed by atoms with E-state index in [0.29, 0.717) is 13.2 Å². The SMILES string of the molecule is COCCN(c1nc(N)ncc1[N+](=O)[O-])C1CC1. The fraction of sp³-hybridized carbons (Fsp3) is 0.600. The topological polar surface area (TPSA) is 107 Å². The van der Waals surface area contributed by atoms with Crippen LogP contribution in [0, 0.1) is 10.1 Å². The van der Waals surface area contributed by atoms with Crippen LogP contribution in [-0.4, -0.2) is 41.2 Å². The van der Waals surface area contributed by atoms with Gasteiger partial charge >= 0.3 is 5.69 Å². The number of nitrogens with two attached hydrogens (primary N) is 1. The monoisotopic (exact) mass is 253 g/mol. The maximum absolute atomic E-state index is 11.0. The van der Waals surface area contributed by atoms with Gasteiger partial charge in [0.25, 0.3) is 0 Å². The smallest absolute Gasteiger partial charge is 0.329 e. The molecule has 2 N–H and O–H groups in total. The van der Waals surface area contributed by atoms with Crippen LogP contribution in [0.4, 0.5) is 17.5 Å². The highest BCUT2D eigenvalue weighted by molar-refractivity contribution is 5.59. The van der Waals surface area contributed by atoms with Crippen LogP contribution in [0.2, 0.25) is 0 Å². The highest BCUT2D eigenvalue weighted by Crippen LogP contribution is 2.35. The molecule has 1 aromatic rings. The zero-order valence-electron chi connectivity index (χ0n) is 10.1. The van der Waals surface area contributed by atoms with E-state index in [4.69, 9.17) is 10.5 Å². The Morgan fingerprint density at radius 2 is 2.39 bits per heavy atom. The molecule has 18 heavy (non-hydrogen) atoms. The average molecular weight is 253 g/mol. The molecule has 0 unspecified atom stereocenters. The Kier molecular flexibility index (Phi) is 3.56. The molecule has 1 fully saturated rings. The van der Waals surface area contributed by atoms with E-state index in [0.717, 1.165) is 19.0 Å². The summed E-state index contributed by atoms with van der Waals surface area (Å²) in [4.78, 5) is 20.0. The van der Waals surface area contributed by atoms with Crippen LogP contribution in [0.15, 0.2) is 6.20 Å².